The number of amides is 2. The van der Waals surface area contributed by atoms with Gasteiger partial charge in [0, 0.05) is 18.3 Å². The summed E-state index contributed by atoms with van der Waals surface area (Å²) in [5.41, 5.74) is 13.3. The van der Waals surface area contributed by atoms with E-state index in [1.165, 1.54) is 0 Å². The van der Waals surface area contributed by atoms with E-state index in [0.717, 1.165) is 11.3 Å². The summed E-state index contributed by atoms with van der Waals surface area (Å²) in [5, 5.41) is 9.14. The van der Waals surface area contributed by atoms with E-state index in [1.807, 2.05) is 45.0 Å². The van der Waals surface area contributed by atoms with Gasteiger partial charge in [0.05, 0.1) is 12.2 Å². The van der Waals surface area contributed by atoms with Gasteiger partial charge >= 0.3 is 0 Å². The molecule has 2 amide bonds. The Balaban J connectivity index is 2.26. The minimum atomic E-state index is -0.647. The van der Waals surface area contributed by atoms with Crippen LogP contribution in [0.15, 0.2) is 24.3 Å². The number of benzene rings is 1. The van der Waals surface area contributed by atoms with Crippen LogP contribution in [0.4, 0.5) is 17.3 Å². The minimum Gasteiger partial charge on any atom is -0.366 e. The molecular formula is C20H29N7O2. The van der Waals surface area contributed by atoms with E-state index in [-0.39, 0.29) is 24.2 Å². The Kier molecular flexibility index (Phi) is 7.90. The maximum absolute atomic E-state index is 11.9. The van der Waals surface area contributed by atoms with Crippen molar-refractivity contribution >= 4 is 29.1 Å². The van der Waals surface area contributed by atoms with Crippen molar-refractivity contribution in [3.8, 4) is 0 Å². The van der Waals surface area contributed by atoms with Crippen LogP contribution in [-0.4, -0.2) is 40.9 Å². The van der Waals surface area contributed by atoms with E-state index in [4.69, 9.17) is 11.5 Å². The lowest BCUT2D eigenvalue weighted by molar-refractivity contribution is -0.119. The van der Waals surface area contributed by atoms with Crippen molar-refractivity contribution < 1.29 is 9.59 Å². The number of hydrogen-bond acceptors (Lipinski definition) is 7. The van der Waals surface area contributed by atoms with Gasteiger partial charge < -0.3 is 27.4 Å². The first-order valence-corrected chi connectivity index (χ1v) is 9.64. The van der Waals surface area contributed by atoms with Crippen molar-refractivity contribution in [3.05, 3.63) is 41.2 Å². The lowest BCUT2D eigenvalue weighted by Crippen LogP contribution is -2.31. The van der Waals surface area contributed by atoms with Crippen LogP contribution in [-0.2, 0) is 17.6 Å². The molecule has 0 atom stereocenters. The molecule has 0 fully saturated rings. The predicted octanol–water partition coefficient (Wildman–Crippen LogP) is 1.32. The third-order valence-electron chi connectivity index (χ3n) is 4.07. The van der Waals surface area contributed by atoms with E-state index >= 15 is 0 Å². The first-order valence-electron chi connectivity index (χ1n) is 9.64. The van der Waals surface area contributed by atoms with Gasteiger partial charge in [-0.05, 0) is 44.4 Å². The highest BCUT2D eigenvalue weighted by molar-refractivity contribution is 5.96. The lowest BCUT2D eigenvalue weighted by Gasteiger charge is -2.17. The van der Waals surface area contributed by atoms with Gasteiger partial charge in [-0.3, -0.25) is 9.59 Å². The number of nitrogens with two attached hydrogens (primary N) is 2. The van der Waals surface area contributed by atoms with E-state index in [0.29, 0.717) is 36.7 Å². The maximum atomic E-state index is 11.9. The number of carbonyl (C=O) groups is 2. The summed E-state index contributed by atoms with van der Waals surface area (Å²) >= 11 is 0. The average molecular weight is 399 g/mol. The molecule has 2 aromatic rings. The van der Waals surface area contributed by atoms with Crippen LogP contribution < -0.4 is 27.4 Å². The molecule has 2 rings (SSSR count). The highest BCUT2D eigenvalue weighted by atomic mass is 16.2. The second-order valence-electron chi connectivity index (χ2n) is 6.86. The zero-order valence-corrected chi connectivity index (χ0v) is 17.1. The van der Waals surface area contributed by atoms with Crippen LogP contribution in [0.25, 0.3) is 0 Å². The second-order valence-corrected chi connectivity index (χ2v) is 6.86. The fourth-order valence-electron chi connectivity index (χ4n) is 2.72. The topological polar surface area (TPSA) is 148 Å². The molecule has 9 nitrogen and oxygen atoms in total. The maximum Gasteiger partial charge on any atom is 0.271 e. The molecule has 156 valence electrons. The largest absolute Gasteiger partial charge is 0.366 e. The summed E-state index contributed by atoms with van der Waals surface area (Å²) in [6.07, 6.45) is 1.26. The van der Waals surface area contributed by atoms with E-state index in [1.54, 1.807) is 0 Å². The first kappa shape index (κ1) is 22.1. The fourth-order valence-corrected chi connectivity index (χ4v) is 2.72. The summed E-state index contributed by atoms with van der Waals surface area (Å²) in [4.78, 5) is 32.2. The zero-order chi connectivity index (χ0) is 21.4. The van der Waals surface area contributed by atoms with Crippen molar-refractivity contribution in [3.63, 3.8) is 0 Å². The molecular weight excluding hydrogens is 370 g/mol. The molecule has 0 aliphatic heterocycles. The average Bonchev–Trinajstić information content (AvgIpc) is 2.67. The molecule has 0 radical (unpaired) electrons. The molecule has 0 aliphatic carbocycles. The third-order valence-corrected chi connectivity index (χ3v) is 4.07. The van der Waals surface area contributed by atoms with E-state index < -0.39 is 5.91 Å². The number of aryl methyl sites for hydroxylation is 1. The molecule has 0 bridgehead atoms. The molecule has 0 saturated carbocycles. The van der Waals surface area contributed by atoms with Crippen LogP contribution in [0.1, 0.15) is 42.5 Å². The molecule has 1 aromatic heterocycles. The van der Waals surface area contributed by atoms with Crippen molar-refractivity contribution in [1.29, 1.82) is 0 Å². The number of carbonyl (C=O) groups excluding carboxylic acids is 2. The van der Waals surface area contributed by atoms with Gasteiger partial charge in [0.2, 0.25) is 5.91 Å². The fraction of sp³-hybridized carbons (Fsp3) is 0.400. The smallest absolute Gasteiger partial charge is 0.271 e. The Bertz CT molecular complexity index is 868. The van der Waals surface area contributed by atoms with Gasteiger partial charge in [-0.25, -0.2) is 9.97 Å². The van der Waals surface area contributed by atoms with Gasteiger partial charge in [-0.15, -0.1) is 0 Å². The van der Waals surface area contributed by atoms with Gasteiger partial charge in [-0.1, -0.05) is 19.1 Å². The third kappa shape index (κ3) is 6.42. The second kappa shape index (κ2) is 10.4. The summed E-state index contributed by atoms with van der Waals surface area (Å²) in [6.45, 7) is 6.41. The quantitative estimate of drug-likeness (QED) is 0.404. The number of aromatic nitrogens is 2. The summed E-state index contributed by atoms with van der Waals surface area (Å²) in [5.74, 6) is 0.0791. The van der Waals surface area contributed by atoms with Gasteiger partial charge in [0.15, 0.2) is 11.5 Å². The van der Waals surface area contributed by atoms with Crippen molar-refractivity contribution in [2.75, 3.05) is 23.7 Å². The molecule has 0 aliphatic rings. The Labute approximate surface area is 170 Å². The van der Waals surface area contributed by atoms with Crippen LogP contribution >= 0.6 is 0 Å². The number of anilines is 3. The Morgan fingerprint density at radius 2 is 1.93 bits per heavy atom. The molecule has 0 spiro atoms. The summed E-state index contributed by atoms with van der Waals surface area (Å²) < 4.78 is 0. The predicted molar refractivity (Wildman–Crippen MR) is 114 cm³/mol. The van der Waals surface area contributed by atoms with Crippen LogP contribution in [0.2, 0.25) is 0 Å². The number of nitrogens with one attached hydrogen (secondary N) is 3. The minimum absolute atomic E-state index is 0.0311. The Morgan fingerprint density at radius 3 is 2.55 bits per heavy atom. The summed E-state index contributed by atoms with van der Waals surface area (Å²) in [7, 11) is 0. The SMILES string of the molecule is CCc1nc(C(N)=O)c(Nc2cccc(CCNC(=O)CN)c2)nc1NC(C)C. The van der Waals surface area contributed by atoms with Gasteiger partial charge in [0.1, 0.15) is 5.82 Å². The first-order chi connectivity index (χ1) is 13.8. The number of rotatable bonds is 10. The Hall–Kier alpha value is -3.20. The number of nitrogens with zero attached hydrogens (tertiary/aromatic N) is 2. The van der Waals surface area contributed by atoms with E-state index in [9.17, 15) is 9.59 Å². The monoisotopic (exact) mass is 399 g/mol. The van der Waals surface area contributed by atoms with Crippen LogP contribution in [0.5, 0.6) is 0 Å². The van der Waals surface area contributed by atoms with E-state index in [2.05, 4.69) is 25.9 Å². The molecule has 0 saturated heterocycles. The standard InChI is InChI=1S/C20H29N7O2/c1-4-15-19(24-12(2)3)27-20(17(26-15)18(22)29)25-14-7-5-6-13(10-14)8-9-23-16(28)11-21/h5-7,10,12H,4,8-9,11,21H2,1-3H3,(H2,22,29)(H,23,28)(H2,24,25,27). The van der Waals surface area contributed by atoms with Crippen molar-refractivity contribution in [1.82, 2.24) is 15.3 Å². The van der Waals surface area contributed by atoms with Crippen LogP contribution in [0.3, 0.4) is 0 Å². The van der Waals surface area contributed by atoms with Crippen molar-refractivity contribution in [2.45, 2.75) is 39.7 Å². The molecule has 1 heterocycles. The van der Waals surface area contributed by atoms with Gasteiger partial charge in [-0.2, -0.15) is 0 Å². The van der Waals surface area contributed by atoms with Crippen LogP contribution in [0, 0.1) is 0 Å². The number of hydrogen-bond donors (Lipinski definition) is 5. The normalized spacial score (nSPS) is 10.7. The molecule has 29 heavy (non-hydrogen) atoms. The Morgan fingerprint density at radius 1 is 1.17 bits per heavy atom. The molecule has 9 heteroatoms. The lowest BCUT2D eigenvalue weighted by atomic mass is 10.1. The summed E-state index contributed by atoms with van der Waals surface area (Å²) in [6, 6.07) is 7.77. The molecule has 1 aromatic carbocycles. The highest BCUT2D eigenvalue weighted by Crippen LogP contribution is 2.23. The molecule has 7 N–H and O–H groups in total. The molecule has 0 unspecified atom stereocenters. The zero-order valence-electron chi connectivity index (χ0n) is 17.1. The highest BCUT2D eigenvalue weighted by Gasteiger charge is 2.17. The number of primary amides is 1. The van der Waals surface area contributed by atoms with Gasteiger partial charge in [0.25, 0.3) is 5.91 Å². The van der Waals surface area contributed by atoms with Crippen molar-refractivity contribution in [2.24, 2.45) is 11.5 Å².